The van der Waals surface area contributed by atoms with E-state index in [0.29, 0.717) is 24.3 Å². The number of aromatic nitrogens is 2. The Kier molecular flexibility index (Phi) is 4.41. The molecule has 1 saturated carbocycles. The highest BCUT2D eigenvalue weighted by Crippen LogP contribution is 2.20. The second kappa shape index (κ2) is 6.64. The third-order valence-corrected chi connectivity index (χ3v) is 3.42. The van der Waals surface area contributed by atoms with Crippen molar-refractivity contribution in [1.29, 1.82) is 0 Å². The molecule has 1 aromatic carbocycles. The number of nitrogens with one attached hydrogen (secondary N) is 2. The molecule has 0 atom stereocenters. The second-order valence-electron chi connectivity index (χ2n) is 5.55. The molecule has 23 heavy (non-hydrogen) atoms. The molecule has 1 amide bonds. The molecule has 1 aliphatic carbocycles. The van der Waals surface area contributed by atoms with Gasteiger partial charge in [-0.3, -0.25) is 4.79 Å². The molecule has 0 spiro atoms. The average molecular weight is 312 g/mol. The summed E-state index contributed by atoms with van der Waals surface area (Å²) in [6.07, 6.45) is 2.10. The van der Waals surface area contributed by atoms with E-state index in [4.69, 9.17) is 4.74 Å². The van der Waals surface area contributed by atoms with Gasteiger partial charge in [0.05, 0.1) is 6.61 Å². The molecule has 2 N–H and O–H groups in total. The predicted molar refractivity (Wildman–Crippen MR) is 88.2 cm³/mol. The van der Waals surface area contributed by atoms with Gasteiger partial charge in [-0.2, -0.15) is 0 Å². The summed E-state index contributed by atoms with van der Waals surface area (Å²) in [5, 5.41) is 6.06. The van der Waals surface area contributed by atoms with Gasteiger partial charge in [-0.25, -0.2) is 9.97 Å². The number of carbonyl (C=O) groups excluding carboxylic acids is 1. The van der Waals surface area contributed by atoms with Crippen LogP contribution in [0, 0.1) is 6.92 Å². The lowest BCUT2D eigenvalue weighted by Gasteiger charge is -2.09. The fourth-order valence-corrected chi connectivity index (χ4v) is 2.16. The SMILES string of the molecule is CCOc1ccc(Nc2nc(C)cc(C(=O)NC3CC3)n2)cc1. The van der Waals surface area contributed by atoms with Gasteiger partial charge in [0.2, 0.25) is 5.95 Å². The van der Waals surface area contributed by atoms with Crippen LogP contribution in [0.1, 0.15) is 35.9 Å². The number of ether oxygens (including phenoxy) is 1. The molecule has 1 aliphatic rings. The maximum Gasteiger partial charge on any atom is 0.270 e. The van der Waals surface area contributed by atoms with Crippen molar-refractivity contribution in [2.75, 3.05) is 11.9 Å². The zero-order valence-electron chi connectivity index (χ0n) is 13.3. The van der Waals surface area contributed by atoms with Crippen LogP contribution in [0.4, 0.5) is 11.6 Å². The smallest absolute Gasteiger partial charge is 0.270 e. The fourth-order valence-electron chi connectivity index (χ4n) is 2.16. The molecule has 0 unspecified atom stereocenters. The van der Waals surface area contributed by atoms with Gasteiger partial charge >= 0.3 is 0 Å². The number of nitrogens with zero attached hydrogens (tertiary/aromatic N) is 2. The molecule has 6 nitrogen and oxygen atoms in total. The van der Waals surface area contributed by atoms with E-state index in [1.54, 1.807) is 6.07 Å². The first-order chi connectivity index (χ1) is 11.1. The van der Waals surface area contributed by atoms with Gasteiger partial charge in [0, 0.05) is 17.4 Å². The first-order valence-electron chi connectivity index (χ1n) is 7.80. The molecule has 1 heterocycles. The number of hydrogen-bond donors (Lipinski definition) is 2. The number of benzene rings is 1. The molecule has 2 aromatic rings. The first kappa shape index (κ1) is 15.3. The Morgan fingerprint density at radius 2 is 2.00 bits per heavy atom. The van der Waals surface area contributed by atoms with E-state index < -0.39 is 0 Å². The molecular weight excluding hydrogens is 292 g/mol. The summed E-state index contributed by atoms with van der Waals surface area (Å²) in [6.45, 7) is 4.42. The van der Waals surface area contributed by atoms with E-state index in [-0.39, 0.29) is 5.91 Å². The van der Waals surface area contributed by atoms with E-state index in [2.05, 4.69) is 20.6 Å². The van der Waals surface area contributed by atoms with Gasteiger partial charge in [0.1, 0.15) is 11.4 Å². The number of rotatable bonds is 6. The Bertz CT molecular complexity index is 696. The highest BCUT2D eigenvalue weighted by Gasteiger charge is 2.24. The number of anilines is 2. The molecule has 1 fully saturated rings. The van der Waals surface area contributed by atoms with Gasteiger partial charge in [0.25, 0.3) is 5.91 Å². The van der Waals surface area contributed by atoms with Crippen LogP contribution in [0.2, 0.25) is 0 Å². The Morgan fingerprint density at radius 3 is 2.65 bits per heavy atom. The van der Waals surface area contributed by atoms with Crippen molar-refractivity contribution in [3.63, 3.8) is 0 Å². The van der Waals surface area contributed by atoms with Crippen LogP contribution in [-0.2, 0) is 0 Å². The Labute approximate surface area is 135 Å². The minimum Gasteiger partial charge on any atom is -0.494 e. The van der Waals surface area contributed by atoms with Crippen molar-refractivity contribution in [2.45, 2.75) is 32.7 Å². The van der Waals surface area contributed by atoms with Gasteiger partial charge in [-0.1, -0.05) is 0 Å². The molecule has 1 aromatic heterocycles. The summed E-state index contributed by atoms with van der Waals surface area (Å²) in [7, 11) is 0. The van der Waals surface area contributed by atoms with Crippen LogP contribution >= 0.6 is 0 Å². The van der Waals surface area contributed by atoms with Crippen molar-refractivity contribution in [3.05, 3.63) is 41.7 Å². The fraction of sp³-hybridized carbons (Fsp3) is 0.353. The Balaban J connectivity index is 1.73. The van der Waals surface area contributed by atoms with Crippen molar-refractivity contribution < 1.29 is 9.53 Å². The first-order valence-corrected chi connectivity index (χ1v) is 7.80. The van der Waals surface area contributed by atoms with Crippen LogP contribution in [0.25, 0.3) is 0 Å². The number of aryl methyl sites for hydroxylation is 1. The standard InChI is InChI=1S/C17H20N4O2/c1-3-23-14-8-6-13(7-9-14)20-17-18-11(2)10-15(21-17)16(22)19-12-4-5-12/h6-10,12H,3-5H2,1-2H3,(H,19,22)(H,18,20,21). The van der Waals surface area contributed by atoms with Gasteiger partial charge in [-0.15, -0.1) is 0 Å². The topological polar surface area (TPSA) is 76.1 Å². The average Bonchev–Trinajstić information content (AvgIpc) is 3.33. The van der Waals surface area contributed by atoms with Crippen LogP contribution in [-0.4, -0.2) is 28.5 Å². The van der Waals surface area contributed by atoms with Crippen molar-refractivity contribution in [2.24, 2.45) is 0 Å². The third-order valence-electron chi connectivity index (χ3n) is 3.42. The largest absolute Gasteiger partial charge is 0.494 e. The number of carbonyl (C=O) groups is 1. The highest BCUT2D eigenvalue weighted by molar-refractivity contribution is 5.93. The lowest BCUT2D eigenvalue weighted by molar-refractivity contribution is 0.0946. The molecule has 0 aliphatic heterocycles. The van der Waals surface area contributed by atoms with E-state index in [0.717, 1.165) is 30.0 Å². The third kappa shape index (κ3) is 4.18. The molecule has 0 saturated heterocycles. The lowest BCUT2D eigenvalue weighted by Crippen LogP contribution is -2.26. The summed E-state index contributed by atoms with van der Waals surface area (Å²) < 4.78 is 5.41. The normalized spacial score (nSPS) is 13.5. The van der Waals surface area contributed by atoms with E-state index in [1.165, 1.54) is 0 Å². The van der Waals surface area contributed by atoms with E-state index in [1.807, 2.05) is 38.1 Å². The van der Waals surface area contributed by atoms with Crippen molar-refractivity contribution in [3.8, 4) is 5.75 Å². The van der Waals surface area contributed by atoms with Crippen molar-refractivity contribution in [1.82, 2.24) is 15.3 Å². The molecule has 120 valence electrons. The van der Waals surface area contributed by atoms with Crippen LogP contribution in [0.3, 0.4) is 0 Å². The molecular formula is C17H20N4O2. The predicted octanol–water partition coefficient (Wildman–Crippen LogP) is 2.82. The van der Waals surface area contributed by atoms with Crippen LogP contribution < -0.4 is 15.4 Å². The highest BCUT2D eigenvalue weighted by atomic mass is 16.5. The van der Waals surface area contributed by atoms with Gasteiger partial charge in [0.15, 0.2) is 0 Å². The summed E-state index contributed by atoms with van der Waals surface area (Å²) in [5.74, 6) is 1.08. The number of amides is 1. The maximum absolute atomic E-state index is 12.1. The molecule has 3 rings (SSSR count). The van der Waals surface area contributed by atoms with Crippen LogP contribution in [0.5, 0.6) is 5.75 Å². The van der Waals surface area contributed by atoms with E-state index >= 15 is 0 Å². The number of hydrogen-bond acceptors (Lipinski definition) is 5. The van der Waals surface area contributed by atoms with Gasteiger partial charge in [-0.05, 0) is 57.0 Å². The minimum absolute atomic E-state index is 0.146. The Hall–Kier alpha value is -2.63. The lowest BCUT2D eigenvalue weighted by atomic mass is 10.3. The monoisotopic (exact) mass is 312 g/mol. The zero-order valence-corrected chi connectivity index (χ0v) is 13.3. The summed E-state index contributed by atoms with van der Waals surface area (Å²) in [5.41, 5.74) is 1.97. The zero-order chi connectivity index (χ0) is 16.2. The second-order valence-corrected chi connectivity index (χ2v) is 5.55. The summed E-state index contributed by atoms with van der Waals surface area (Å²) >= 11 is 0. The van der Waals surface area contributed by atoms with E-state index in [9.17, 15) is 4.79 Å². The Morgan fingerprint density at radius 1 is 1.26 bits per heavy atom. The molecule has 6 heteroatoms. The molecule has 0 radical (unpaired) electrons. The van der Waals surface area contributed by atoms with Crippen LogP contribution in [0.15, 0.2) is 30.3 Å². The summed E-state index contributed by atoms with van der Waals surface area (Å²) in [4.78, 5) is 20.8. The minimum atomic E-state index is -0.146. The summed E-state index contributed by atoms with van der Waals surface area (Å²) in [6, 6.07) is 9.54. The molecule has 0 bridgehead atoms. The van der Waals surface area contributed by atoms with Gasteiger partial charge < -0.3 is 15.4 Å². The quantitative estimate of drug-likeness (QED) is 0.858. The maximum atomic E-state index is 12.1. The van der Waals surface area contributed by atoms with Crippen molar-refractivity contribution >= 4 is 17.5 Å².